The van der Waals surface area contributed by atoms with E-state index in [1.165, 1.54) is 12.1 Å². The lowest BCUT2D eigenvalue weighted by molar-refractivity contribution is 0.628. The zero-order valence-corrected chi connectivity index (χ0v) is 9.72. The number of rotatable bonds is 3. The molecule has 0 aliphatic heterocycles. The van der Waals surface area contributed by atoms with Crippen LogP contribution >= 0.6 is 0 Å². The van der Waals surface area contributed by atoms with E-state index in [9.17, 15) is 9.30 Å². The van der Waals surface area contributed by atoms with Crippen molar-refractivity contribution in [1.82, 2.24) is 10.2 Å². The Labute approximate surface area is 107 Å². The zero-order chi connectivity index (χ0) is 13.2. The highest BCUT2D eigenvalue weighted by atomic mass is 19.1. The van der Waals surface area contributed by atoms with Gasteiger partial charge >= 0.3 is 0 Å². The van der Waals surface area contributed by atoms with Crippen molar-refractivity contribution in [3.63, 3.8) is 0 Å². The van der Waals surface area contributed by atoms with Crippen LogP contribution in [0.25, 0.3) is 10.9 Å². The highest BCUT2D eigenvalue weighted by Crippen LogP contribution is 2.27. The molecule has 0 amide bonds. The van der Waals surface area contributed by atoms with Gasteiger partial charge in [0.05, 0.1) is 5.52 Å². The first kappa shape index (κ1) is 11.3. The largest absolute Gasteiger partial charge is 0.338 e. The molecule has 0 atom stereocenters. The van der Waals surface area contributed by atoms with Gasteiger partial charge in [0.1, 0.15) is 11.5 Å². The molecule has 0 bridgehead atoms. The third kappa shape index (κ3) is 2.15. The van der Waals surface area contributed by atoms with E-state index in [4.69, 9.17) is 0 Å². The number of fused-ring (bicyclic) bond motifs is 1. The molecule has 0 fully saturated rings. The summed E-state index contributed by atoms with van der Waals surface area (Å²) < 4.78 is 13.1. The third-order valence-electron chi connectivity index (χ3n) is 2.74. The Morgan fingerprint density at radius 2 is 2.11 bits per heavy atom. The smallest absolute Gasteiger partial charge is 0.160 e. The Hall–Kier alpha value is -2.76. The van der Waals surface area contributed by atoms with Crippen LogP contribution in [0.5, 0.6) is 0 Å². The van der Waals surface area contributed by atoms with E-state index in [0.717, 1.165) is 10.9 Å². The Morgan fingerprint density at radius 3 is 2.89 bits per heavy atom. The minimum Gasteiger partial charge on any atom is -0.338 e. The van der Waals surface area contributed by atoms with Crippen LogP contribution in [-0.4, -0.2) is 10.2 Å². The summed E-state index contributed by atoms with van der Waals surface area (Å²) in [5, 5.41) is 13.5. The van der Waals surface area contributed by atoms with Gasteiger partial charge < -0.3 is 5.32 Å². The molecule has 3 rings (SSSR count). The Balaban J connectivity index is 2.03. The van der Waals surface area contributed by atoms with Gasteiger partial charge in [0.2, 0.25) is 0 Å². The molecule has 0 aliphatic carbocycles. The maximum atomic E-state index is 13.1. The highest BCUT2D eigenvalue weighted by molar-refractivity contribution is 5.93. The molecule has 2 N–H and O–H groups in total. The number of hydrogen-bond acceptors (Lipinski definition) is 4. The molecule has 5 nitrogen and oxygen atoms in total. The molecule has 0 unspecified atom stereocenters. The maximum Gasteiger partial charge on any atom is 0.160 e. The van der Waals surface area contributed by atoms with Crippen molar-refractivity contribution in [3.8, 4) is 0 Å². The predicted octanol–water partition coefficient (Wildman–Crippen LogP) is 3.84. The Bertz CT molecular complexity index is 753. The van der Waals surface area contributed by atoms with Crippen LogP contribution in [0.15, 0.2) is 47.6 Å². The summed E-state index contributed by atoms with van der Waals surface area (Å²) in [7, 11) is 0. The van der Waals surface area contributed by atoms with Gasteiger partial charge in [0, 0.05) is 11.1 Å². The second kappa shape index (κ2) is 4.49. The zero-order valence-electron chi connectivity index (χ0n) is 9.72. The van der Waals surface area contributed by atoms with Crippen LogP contribution in [0, 0.1) is 10.7 Å². The van der Waals surface area contributed by atoms with Gasteiger partial charge in [-0.15, -0.1) is 4.91 Å². The molecule has 0 radical (unpaired) electrons. The summed E-state index contributed by atoms with van der Waals surface area (Å²) in [6.07, 6.45) is 0. The van der Waals surface area contributed by atoms with Crippen molar-refractivity contribution in [2.24, 2.45) is 5.18 Å². The van der Waals surface area contributed by atoms with E-state index in [1.807, 2.05) is 0 Å². The lowest BCUT2D eigenvalue weighted by Gasteiger charge is -2.03. The van der Waals surface area contributed by atoms with Gasteiger partial charge in [0.25, 0.3) is 0 Å². The van der Waals surface area contributed by atoms with Gasteiger partial charge in [-0.1, -0.05) is 6.07 Å². The van der Waals surface area contributed by atoms with Gasteiger partial charge in [-0.25, -0.2) is 4.39 Å². The number of nitrogens with zero attached hydrogens (tertiary/aromatic N) is 2. The minimum absolute atomic E-state index is 0.316. The summed E-state index contributed by atoms with van der Waals surface area (Å²) in [4.78, 5) is 10.5. The Kier molecular flexibility index (Phi) is 2.68. The molecule has 0 saturated carbocycles. The van der Waals surface area contributed by atoms with E-state index >= 15 is 0 Å². The number of nitrogens with one attached hydrogen (secondary N) is 2. The molecule has 19 heavy (non-hydrogen) atoms. The summed E-state index contributed by atoms with van der Waals surface area (Å²) in [6, 6.07) is 11.0. The molecule has 94 valence electrons. The van der Waals surface area contributed by atoms with Crippen molar-refractivity contribution < 1.29 is 4.39 Å². The minimum atomic E-state index is -0.333. The van der Waals surface area contributed by atoms with Crippen molar-refractivity contribution in [1.29, 1.82) is 0 Å². The van der Waals surface area contributed by atoms with Gasteiger partial charge in [-0.05, 0) is 41.6 Å². The maximum absolute atomic E-state index is 13.1. The molecule has 1 heterocycles. The van der Waals surface area contributed by atoms with Crippen molar-refractivity contribution in [2.45, 2.75) is 0 Å². The van der Waals surface area contributed by atoms with Gasteiger partial charge in [-0.2, -0.15) is 5.10 Å². The Morgan fingerprint density at radius 1 is 1.21 bits per heavy atom. The molecular formula is C13H9FN4O. The standard InChI is InChI=1S/C13H9FN4O/c14-8-2-1-3-9(6-8)15-13-11-7-10(18-19)4-5-12(11)16-17-13/h1-7H,(H2,15,16,17). The summed E-state index contributed by atoms with van der Waals surface area (Å²) in [5.74, 6) is 0.186. The predicted molar refractivity (Wildman–Crippen MR) is 71.2 cm³/mol. The fourth-order valence-corrected chi connectivity index (χ4v) is 1.86. The monoisotopic (exact) mass is 256 g/mol. The van der Waals surface area contributed by atoms with E-state index in [2.05, 4.69) is 20.7 Å². The van der Waals surface area contributed by atoms with Crippen LogP contribution < -0.4 is 5.32 Å². The first-order valence-electron chi connectivity index (χ1n) is 5.60. The first-order chi connectivity index (χ1) is 9.26. The van der Waals surface area contributed by atoms with Gasteiger partial charge in [-0.3, -0.25) is 5.10 Å². The molecule has 3 aromatic rings. The van der Waals surface area contributed by atoms with Crippen LogP contribution in [0.4, 0.5) is 21.6 Å². The van der Waals surface area contributed by atoms with Crippen LogP contribution in [0.3, 0.4) is 0 Å². The van der Waals surface area contributed by atoms with E-state index in [-0.39, 0.29) is 5.82 Å². The van der Waals surface area contributed by atoms with Crippen LogP contribution in [-0.2, 0) is 0 Å². The number of aromatic nitrogens is 2. The fraction of sp³-hybridized carbons (Fsp3) is 0. The van der Waals surface area contributed by atoms with E-state index in [1.54, 1.807) is 30.3 Å². The summed E-state index contributed by atoms with van der Waals surface area (Å²) in [5.41, 5.74) is 1.67. The molecule has 6 heteroatoms. The van der Waals surface area contributed by atoms with E-state index in [0.29, 0.717) is 17.2 Å². The van der Waals surface area contributed by atoms with Crippen molar-refractivity contribution in [2.75, 3.05) is 5.32 Å². The molecule has 0 spiro atoms. The number of hydrogen-bond donors (Lipinski definition) is 2. The number of H-pyrrole nitrogens is 1. The molecule has 0 aliphatic rings. The normalized spacial score (nSPS) is 10.6. The van der Waals surface area contributed by atoms with Crippen LogP contribution in [0.2, 0.25) is 0 Å². The molecular weight excluding hydrogens is 247 g/mol. The average molecular weight is 256 g/mol. The fourth-order valence-electron chi connectivity index (χ4n) is 1.86. The van der Waals surface area contributed by atoms with Crippen LogP contribution in [0.1, 0.15) is 0 Å². The second-order valence-corrected chi connectivity index (χ2v) is 4.03. The van der Waals surface area contributed by atoms with E-state index < -0.39 is 0 Å². The topological polar surface area (TPSA) is 70.1 Å². The summed E-state index contributed by atoms with van der Waals surface area (Å²) >= 11 is 0. The number of aromatic amines is 1. The third-order valence-corrected chi connectivity index (χ3v) is 2.74. The first-order valence-corrected chi connectivity index (χ1v) is 5.60. The highest BCUT2D eigenvalue weighted by Gasteiger charge is 2.07. The molecule has 2 aromatic carbocycles. The van der Waals surface area contributed by atoms with Gasteiger partial charge in [0.15, 0.2) is 5.82 Å². The van der Waals surface area contributed by atoms with Crippen molar-refractivity contribution >= 4 is 28.1 Å². The average Bonchev–Trinajstić information content (AvgIpc) is 2.81. The number of benzene rings is 2. The number of anilines is 2. The molecule has 1 aromatic heterocycles. The lowest BCUT2D eigenvalue weighted by atomic mass is 10.2. The lowest BCUT2D eigenvalue weighted by Crippen LogP contribution is -1.91. The quantitative estimate of drug-likeness (QED) is 0.699. The van der Waals surface area contributed by atoms with Crippen molar-refractivity contribution in [3.05, 3.63) is 53.2 Å². The number of halogens is 1. The SMILES string of the molecule is O=Nc1ccc2[nH]nc(Nc3cccc(F)c3)c2c1. The second-order valence-electron chi connectivity index (χ2n) is 4.03. The molecule has 0 saturated heterocycles. The summed E-state index contributed by atoms with van der Waals surface area (Å²) in [6.45, 7) is 0. The number of nitroso groups, excluding NO2 is 1.